The van der Waals surface area contributed by atoms with Gasteiger partial charge in [-0.25, -0.2) is 4.39 Å². The van der Waals surface area contributed by atoms with E-state index in [0.29, 0.717) is 24.9 Å². The third kappa shape index (κ3) is 3.40. The molecule has 1 aliphatic rings. The largest absolute Gasteiger partial charge is 0.338 e. The van der Waals surface area contributed by atoms with E-state index in [-0.39, 0.29) is 16.5 Å². The van der Waals surface area contributed by atoms with Gasteiger partial charge in [0, 0.05) is 19.0 Å². The van der Waals surface area contributed by atoms with Gasteiger partial charge in [0.25, 0.3) is 5.91 Å². The molecule has 1 amide bonds. The predicted molar refractivity (Wildman–Crippen MR) is 75.4 cm³/mol. The summed E-state index contributed by atoms with van der Waals surface area (Å²) in [5, 5.41) is -0.0137. The van der Waals surface area contributed by atoms with Gasteiger partial charge in [-0.05, 0) is 37.3 Å². The molecule has 1 aromatic rings. The molecular weight excluding hydrogens is 288 g/mol. The van der Waals surface area contributed by atoms with E-state index in [2.05, 4.69) is 0 Å². The molecule has 5 heteroatoms. The molecule has 0 bridgehead atoms. The van der Waals surface area contributed by atoms with Gasteiger partial charge in [-0.1, -0.05) is 17.7 Å². The third-order valence-electron chi connectivity index (χ3n) is 3.51. The Balaban J connectivity index is 2.12. The number of carbonyl (C=O) groups excluding carboxylic acids is 1. The van der Waals surface area contributed by atoms with Crippen molar-refractivity contribution in [1.82, 2.24) is 4.90 Å². The molecule has 2 nitrogen and oxygen atoms in total. The van der Waals surface area contributed by atoms with Crippen LogP contribution in [0.15, 0.2) is 18.2 Å². The van der Waals surface area contributed by atoms with Gasteiger partial charge in [-0.15, -0.1) is 11.6 Å². The highest BCUT2D eigenvalue weighted by atomic mass is 35.5. The van der Waals surface area contributed by atoms with Gasteiger partial charge in [0.1, 0.15) is 0 Å². The number of hydrogen-bond donors (Lipinski definition) is 0. The molecule has 1 heterocycles. The Hall–Kier alpha value is -0.800. The van der Waals surface area contributed by atoms with Gasteiger partial charge < -0.3 is 4.90 Å². The van der Waals surface area contributed by atoms with E-state index in [1.807, 2.05) is 0 Å². The summed E-state index contributed by atoms with van der Waals surface area (Å²) in [5.41, 5.74) is 0.0547. The summed E-state index contributed by atoms with van der Waals surface area (Å²) in [7, 11) is 0. The SMILES string of the molecule is O=C(c1cccc(Cl)c1F)N1CCCC(CCCl)C1. The quantitative estimate of drug-likeness (QED) is 0.774. The lowest BCUT2D eigenvalue weighted by Crippen LogP contribution is -2.40. The van der Waals surface area contributed by atoms with Crippen molar-refractivity contribution < 1.29 is 9.18 Å². The summed E-state index contributed by atoms with van der Waals surface area (Å²) in [4.78, 5) is 14.0. The van der Waals surface area contributed by atoms with Crippen LogP contribution in [0.5, 0.6) is 0 Å². The maximum Gasteiger partial charge on any atom is 0.256 e. The van der Waals surface area contributed by atoms with Crippen LogP contribution in [-0.2, 0) is 0 Å². The maximum atomic E-state index is 13.9. The highest BCUT2D eigenvalue weighted by Crippen LogP contribution is 2.24. The molecule has 1 fully saturated rings. The number of piperidine rings is 1. The van der Waals surface area contributed by atoms with Gasteiger partial charge in [0.15, 0.2) is 5.82 Å². The number of rotatable bonds is 3. The van der Waals surface area contributed by atoms with Crippen LogP contribution in [0.1, 0.15) is 29.6 Å². The Morgan fingerprint density at radius 1 is 1.47 bits per heavy atom. The number of amides is 1. The van der Waals surface area contributed by atoms with Crippen molar-refractivity contribution >= 4 is 29.1 Å². The Morgan fingerprint density at radius 2 is 2.26 bits per heavy atom. The van der Waals surface area contributed by atoms with Crippen LogP contribution < -0.4 is 0 Å². The smallest absolute Gasteiger partial charge is 0.256 e. The van der Waals surface area contributed by atoms with Crippen molar-refractivity contribution in [3.05, 3.63) is 34.6 Å². The number of benzene rings is 1. The zero-order valence-electron chi connectivity index (χ0n) is 10.5. The van der Waals surface area contributed by atoms with Crippen LogP contribution in [0.2, 0.25) is 5.02 Å². The number of hydrogen-bond acceptors (Lipinski definition) is 1. The summed E-state index contributed by atoms with van der Waals surface area (Å²) in [6, 6.07) is 4.52. The molecule has 19 heavy (non-hydrogen) atoms. The summed E-state index contributed by atoms with van der Waals surface area (Å²) < 4.78 is 13.9. The second kappa shape index (κ2) is 6.58. The molecule has 1 unspecified atom stereocenters. The second-order valence-electron chi connectivity index (χ2n) is 4.84. The summed E-state index contributed by atoms with van der Waals surface area (Å²) in [6.45, 7) is 1.32. The standard InChI is InChI=1S/C14H16Cl2FNO/c15-7-6-10-3-2-8-18(9-10)14(19)11-4-1-5-12(16)13(11)17/h1,4-5,10H,2-3,6-9H2. The molecule has 1 atom stereocenters. The molecule has 2 rings (SSSR count). The summed E-state index contributed by atoms with van der Waals surface area (Å²) in [6.07, 6.45) is 2.91. The van der Waals surface area contributed by atoms with Gasteiger partial charge in [0.05, 0.1) is 10.6 Å². The van der Waals surface area contributed by atoms with E-state index in [1.165, 1.54) is 12.1 Å². The monoisotopic (exact) mass is 303 g/mol. The molecule has 0 spiro atoms. The molecule has 1 aromatic carbocycles. The first-order valence-electron chi connectivity index (χ1n) is 6.42. The Labute approximate surface area is 122 Å². The first kappa shape index (κ1) is 14.6. The van der Waals surface area contributed by atoms with E-state index in [9.17, 15) is 9.18 Å². The Kier molecular flexibility index (Phi) is 5.06. The fraction of sp³-hybridized carbons (Fsp3) is 0.500. The first-order valence-corrected chi connectivity index (χ1v) is 7.34. The van der Waals surface area contributed by atoms with Crippen molar-refractivity contribution in [2.24, 2.45) is 5.92 Å². The van der Waals surface area contributed by atoms with Crippen molar-refractivity contribution in [1.29, 1.82) is 0 Å². The van der Waals surface area contributed by atoms with E-state index < -0.39 is 5.82 Å². The third-order valence-corrected chi connectivity index (χ3v) is 4.02. The van der Waals surface area contributed by atoms with Crippen molar-refractivity contribution in [2.45, 2.75) is 19.3 Å². The predicted octanol–water partition coefficient (Wildman–Crippen LogP) is 3.96. The van der Waals surface area contributed by atoms with Crippen LogP contribution in [-0.4, -0.2) is 29.8 Å². The number of likely N-dealkylation sites (tertiary alicyclic amines) is 1. The average molecular weight is 304 g/mol. The van der Waals surface area contributed by atoms with Gasteiger partial charge in [0.2, 0.25) is 0 Å². The van der Waals surface area contributed by atoms with Gasteiger partial charge in [-0.3, -0.25) is 4.79 Å². The fourth-order valence-corrected chi connectivity index (χ4v) is 2.96. The minimum atomic E-state index is -0.631. The minimum absolute atomic E-state index is 0.0137. The van der Waals surface area contributed by atoms with Crippen molar-refractivity contribution in [2.75, 3.05) is 19.0 Å². The maximum absolute atomic E-state index is 13.9. The van der Waals surface area contributed by atoms with Crippen LogP contribution in [0.3, 0.4) is 0 Å². The van der Waals surface area contributed by atoms with Crippen LogP contribution in [0, 0.1) is 11.7 Å². The molecular formula is C14H16Cl2FNO. The van der Waals surface area contributed by atoms with Crippen molar-refractivity contribution in [3.63, 3.8) is 0 Å². The lowest BCUT2D eigenvalue weighted by Gasteiger charge is -2.32. The molecule has 0 saturated carbocycles. The average Bonchev–Trinajstić information content (AvgIpc) is 2.42. The van der Waals surface area contributed by atoms with E-state index in [1.54, 1.807) is 11.0 Å². The van der Waals surface area contributed by atoms with E-state index >= 15 is 0 Å². The molecule has 0 radical (unpaired) electrons. The van der Waals surface area contributed by atoms with Gasteiger partial charge in [-0.2, -0.15) is 0 Å². The van der Waals surface area contributed by atoms with Crippen LogP contribution in [0.4, 0.5) is 4.39 Å². The molecule has 0 aliphatic carbocycles. The number of halogens is 3. The normalized spacial score (nSPS) is 19.5. The minimum Gasteiger partial charge on any atom is -0.338 e. The highest BCUT2D eigenvalue weighted by Gasteiger charge is 2.26. The lowest BCUT2D eigenvalue weighted by molar-refractivity contribution is 0.0667. The number of carbonyl (C=O) groups is 1. The zero-order chi connectivity index (χ0) is 13.8. The molecule has 0 aromatic heterocycles. The van der Waals surface area contributed by atoms with Crippen LogP contribution >= 0.6 is 23.2 Å². The molecule has 104 valence electrons. The number of alkyl halides is 1. The van der Waals surface area contributed by atoms with Gasteiger partial charge >= 0.3 is 0 Å². The Bertz CT molecular complexity index is 465. The Morgan fingerprint density at radius 3 is 3.00 bits per heavy atom. The molecule has 1 saturated heterocycles. The lowest BCUT2D eigenvalue weighted by atomic mass is 9.95. The fourth-order valence-electron chi connectivity index (χ4n) is 2.48. The van der Waals surface area contributed by atoms with E-state index in [4.69, 9.17) is 23.2 Å². The topological polar surface area (TPSA) is 20.3 Å². The first-order chi connectivity index (χ1) is 9.13. The zero-order valence-corrected chi connectivity index (χ0v) is 12.1. The van der Waals surface area contributed by atoms with Crippen molar-refractivity contribution in [3.8, 4) is 0 Å². The summed E-state index contributed by atoms with van der Waals surface area (Å²) in [5.74, 6) is 0.100. The van der Waals surface area contributed by atoms with Crippen LogP contribution in [0.25, 0.3) is 0 Å². The van der Waals surface area contributed by atoms with E-state index in [0.717, 1.165) is 19.3 Å². The number of nitrogens with zero attached hydrogens (tertiary/aromatic N) is 1. The molecule has 0 N–H and O–H groups in total. The highest BCUT2D eigenvalue weighted by molar-refractivity contribution is 6.31. The summed E-state index contributed by atoms with van der Waals surface area (Å²) >= 11 is 11.5. The molecule has 1 aliphatic heterocycles. The second-order valence-corrected chi connectivity index (χ2v) is 5.62.